The minimum Gasteiger partial charge on any atom is -0.295 e. The van der Waals surface area contributed by atoms with Gasteiger partial charge in [0.15, 0.2) is 5.16 Å². The molecule has 0 radical (unpaired) electrons. The predicted octanol–water partition coefficient (Wildman–Crippen LogP) is 3.35. The first-order valence-corrected chi connectivity index (χ1v) is 8.68. The maximum absolute atomic E-state index is 12.7. The zero-order valence-corrected chi connectivity index (χ0v) is 14.8. The number of thioether (sulfide) groups is 1. The van der Waals surface area contributed by atoms with E-state index in [0.29, 0.717) is 32.0 Å². The van der Waals surface area contributed by atoms with Gasteiger partial charge in [-0.05, 0) is 34.3 Å². The third kappa shape index (κ3) is 2.64. The van der Waals surface area contributed by atoms with Gasteiger partial charge in [-0.3, -0.25) is 9.36 Å². The Morgan fingerprint density at radius 3 is 2.83 bits per heavy atom. The largest absolute Gasteiger partial charge is 0.295 e. The molecule has 0 N–H and O–H groups in total. The monoisotopic (exact) mass is 386 g/mol. The Labute approximate surface area is 145 Å². The Morgan fingerprint density at radius 2 is 2.13 bits per heavy atom. The summed E-state index contributed by atoms with van der Waals surface area (Å²) in [5.74, 6) is 0. The van der Waals surface area contributed by atoms with Crippen molar-refractivity contribution in [2.75, 3.05) is 6.26 Å². The molecule has 23 heavy (non-hydrogen) atoms. The summed E-state index contributed by atoms with van der Waals surface area (Å²) < 4.78 is 2.15. The Balaban J connectivity index is 2.37. The number of pyridine rings is 1. The van der Waals surface area contributed by atoms with Crippen molar-refractivity contribution in [3.05, 3.63) is 50.9 Å². The van der Waals surface area contributed by atoms with Gasteiger partial charge in [-0.1, -0.05) is 23.9 Å². The van der Waals surface area contributed by atoms with E-state index in [1.54, 1.807) is 37.5 Å². The van der Waals surface area contributed by atoms with Crippen LogP contribution < -0.4 is 5.56 Å². The third-order valence-corrected chi connectivity index (χ3v) is 4.75. The van der Waals surface area contributed by atoms with Crippen LogP contribution in [0.1, 0.15) is 5.56 Å². The van der Waals surface area contributed by atoms with E-state index in [1.807, 2.05) is 6.26 Å². The average Bonchev–Trinajstić information content (AvgIpc) is 2.57. The van der Waals surface area contributed by atoms with Crippen LogP contribution in [0.3, 0.4) is 0 Å². The van der Waals surface area contributed by atoms with Crippen LogP contribution >= 0.6 is 27.7 Å². The second kappa shape index (κ2) is 6.14. The van der Waals surface area contributed by atoms with Gasteiger partial charge < -0.3 is 0 Å². The Bertz CT molecular complexity index is 1020. The molecule has 0 atom stereocenters. The van der Waals surface area contributed by atoms with Gasteiger partial charge >= 0.3 is 0 Å². The van der Waals surface area contributed by atoms with Gasteiger partial charge in [-0.2, -0.15) is 5.26 Å². The van der Waals surface area contributed by atoms with E-state index in [-0.39, 0.29) is 5.56 Å². The molecular formula is C16H11BrN4OS. The minimum atomic E-state index is -0.196. The van der Waals surface area contributed by atoms with Crippen molar-refractivity contribution in [1.82, 2.24) is 14.5 Å². The lowest BCUT2D eigenvalue weighted by atomic mass is 10.0. The van der Waals surface area contributed by atoms with Crippen LogP contribution in [0.15, 0.2) is 44.9 Å². The van der Waals surface area contributed by atoms with Gasteiger partial charge in [0, 0.05) is 34.2 Å². The van der Waals surface area contributed by atoms with Crippen LogP contribution in [-0.2, 0) is 7.05 Å². The summed E-state index contributed by atoms with van der Waals surface area (Å²) in [6.45, 7) is 0. The first-order chi connectivity index (χ1) is 11.1. The van der Waals surface area contributed by atoms with E-state index in [1.165, 1.54) is 16.3 Å². The summed E-state index contributed by atoms with van der Waals surface area (Å²) in [6, 6.07) is 9.24. The number of aromatic nitrogens is 3. The van der Waals surface area contributed by atoms with Crippen molar-refractivity contribution in [2.45, 2.75) is 5.16 Å². The number of hydrogen-bond donors (Lipinski definition) is 0. The lowest BCUT2D eigenvalue weighted by Gasteiger charge is -2.10. The molecule has 3 rings (SSSR count). The summed E-state index contributed by atoms with van der Waals surface area (Å²) in [6.07, 6.45) is 3.58. The van der Waals surface area contributed by atoms with E-state index in [2.05, 4.69) is 32.0 Å². The number of halogens is 1. The van der Waals surface area contributed by atoms with Gasteiger partial charge in [0.25, 0.3) is 5.56 Å². The molecule has 2 aromatic heterocycles. The van der Waals surface area contributed by atoms with E-state index >= 15 is 0 Å². The second-order valence-electron chi connectivity index (χ2n) is 4.83. The fraction of sp³-hybridized carbons (Fsp3) is 0.125. The third-order valence-electron chi connectivity index (χ3n) is 3.52. The van der Waals surface area contributed by atoms with Crippen molar-refractivity contribution in [3.8, 4) is 17.2 Å². The molecule has 0 unspecified atom stereocenters. The maximum Gasteiger partial charge on any atom is 0.259 e. The number of hydrogen-bond acceptors (Lipinski definition) is 5. The van der Waals surface area contributed by atoms with Gasteiger partial charge in [-0.15, -0.1) is 0 Å². The molecule has 0 saturated carbocycles. The fourth-order valence-corrected chi connectivity index (χ4v) is 3.18. The highest BCUT2D eigenvalue weighted by Crippen LogP contribution is 2.28. The summed E-state index contributed by atoms with van der Waals surface area (Å²) >= 11 is 4.78. The highest BCUT2D eigenvalue weighted by molar-refractivity contribution is 9.10. The van der Waals surface area contributed by atoms with Gasteiger partial charge in [0.05, 0.1) is 5.56 Å². The summed E-state index contributed by atoms with van der Waals surface area (Å²) in [7, 11) is 1.68. The summed E-state index contributed by atoms with van der Waals surface area (Å²) in [5.41, 5.74) is 1.87. The molecule has 0 fully saturated rings. The van der Waals surface area contributed by atoms with Gasteiger partial charge in [0.2, 0.25) is 0 Å². The summed E-state index contributed by atoms with van der Waals surface area (Å²) in [5, 5.41) is 10.8. The van der Waals surface area contributed by atoms with E-state index in [4.69, 9.17) is 0 Å². The van der Waals surface area contributed by atoms with Crippen LogP contribution in [0.25, 0.3) is 22.2 Å². The molecule has 114 valence electrons. The highest BCUT2D eigenvalue weighted by atomic mass is 79.9. The number of nitriles is 1. The Morgan fingerprint density at radius 1 is 1.35 bits per heavy atom. The van der Waals surface area contributed by atoms with E-state index in [9.17, 15) is 10.1 Å². The zero-order valence-electron chi connectivity index (χ0n) is 12.4. The second-order valence-corrected chi connectivity index (χ2v) is 6.46. The molecule has 2 heterocycles. The lowest BCUT2D eigenvalue weighted by molar-refractivity contribution is 0.861. The molecule has 7 heteroatoms. The van der Waals surface area contributed by atoms with Crippen molar-refractivity contribution >= 4 is 38.7 Å². The lowest BCUT2D eigenvalue weighted by Crippen LogP contribution is -2.20. The number of nitrogens with zero attached hydrogens (tertiary/aromatic N) is 4. The van der Waals surface area contributed by atoms with Gasteiger partial charge in [-0.25, -0.2) is 9.97 Å². The number of benzene rings is 1. The van der Waals surface area contributed by atoms with Crippen LogP contribution in [0.5, 0.6) is 0 Å². The van der Waals surface area contributed by atoms with Crippen LogP contribution in [0.4, 0.5) is 0 Å². The zero-order chi connectivity index (χ0) is 16.6. The Hall–Kier alpha value is -2.17. The summed E-state index contributed by atoms with van der Waals surface area (Å²) in [4.78, 5) is 21.4. The SMILES string of the molecule is CSc1ncc2cc(-c3cccc(Br)c3C#N)c(=O)n(C)c2n1. The maximum atomic E-state index is 12.7. The number of rotatable bonds is 2. The molecule has 0 aliphatic rings. The van der Waals surface area contributed by atoms with Gasteiger partial charge in [0.1, 0.15) is 11.7 Å². The molecule has 1 aromatic carbocycles. The van der Waals surface area contributed by atoms with Crippen molar-refractivity contribution in [2.24, 2.45) is 7.05 Å². The first kappa shape index (κ1) is 15.7. The molecule has 0 aliphatic carbocycles. The molecular weight excluding hydrogens is 376 g/mol. The predicted molar refractivity (Wildman–Crippen MR) is 94.4 cm³/mol. The van der Waals surface area contributed by atoms with Crippen LogP contribution in [0.2, 0.25) is 0 Å². The number of aryl methyl sites for hydroxylation is 1. The first-order valence-electron chi connectivity index (χ1n) is 6.66. The van der Waals surface area contributed by atoms with E-state index < -0.39 is 0 Å². The topological polar surface area (TPSA) is 71.6 Å². The van der Waals surface area contributed by atoms with Crippen LogP contribution in [-0.4, -0.2) is 20.8 Å². The average molecular weight is 387 g/mol. The van der Waals surface area contributed by atoms with Crippen molar-refractivity contribution in [1.29, 1.82) is 5.26 Å². The normalized spacial score (nSPS) is 10.7. The van der Waals surface area contributed by atoms with Crippen molar-refractivity contribution in [3.63, 3.8) is 0 Å². The highest BCUT2D eigenvalue weighted by Gasteiger charge is 2.15. The molecule has 0 bridgehead atoms. The molecule has 5 nitrogen and oxygen atoms in total. The Kier molecular flexibility index (Phi) is 4.20. The fourth-order valence-electron chi connectivity index (χ4n) is 2.38. The molecule has 0 aliphatic heterocycles. The van der Waals surface area contributed by atoms with Crippen molar-refractivity contribution < 1.29 is 0 Å². The van der Waals surface area contributed by atoms with E-state index in [0.717, 1.165) is 5.39 Å². The van der Waals surface area contributed by atoms with Crippen LogP contribution in [0, 0.1) is 11.3 Å². The smallest absolute Gasteiger partial charge is 0.259 e. The molecule has 0 amide bonds. The minimum absolute atomic E-state index is 0.196. The molecule has 0 spiro atoms. The molecule has 0 saturated heterocycles. The number of fused-ring (bicyclic) bond motifs is 1. The standard InChI is InChI=1S/C16H11BrN4OS/c1-21-14-9(8-19-16(20-14)23-2)6-11(15(21)22)10-4-3-5-13(17)12(10)7-18/h3-6,8H,1-2H3. The quantitative estimate of drug-likeness (QED) is 0.498. The molecule has 3 aromatic rings.